The molecule has 1 aromatic heterocycles. The van der Waals surface area contributed by atoms with Crippen LogP contribution in [0.5, 0.6) is 5.95 Å². The van der Waals surface area contributed by atoms with Crippen LogP contribution in [0.1, 0.15) is 36.3 Å². The van der Waals surface area contributed by atoms with Gasteiger partial charge < -0.3 is 19.5 Å². The summed E-state index contributed by atoms with van der Waals surface area (Å²) in [4.78, 5) is 14.2. The van der Waals surface area contributed by atoms with E-state index in [1.54, 1.807) is 6.92 Å². The first-order valence-electron chi connectivity index (χ1n) is 6.31. The number of amides is 1. The highest BCUT2D eigenvalue weighted by Gasteiger charge is 2.27. The second-order valence-corrected chi connectivity index (χ2v) is 5.08. The van der Waals surface area contributed by atoms with E-state index < -0.39 is 0 Å². The molecule has 0 spiro atoms. The van der Waals surface area contributed by atoms with Crippen molar-refractivity contribution >= 4 is 5.91 Å². The number of carbonyl (C=O) groups excluding carboxylic acids is 1. The normalized spacial score (nSPS) is 14.3. The van der Waals surface area contributed by atoms with Gasteiger partial charge in [0, 0.05) is 12.1 Å². The summed E-state index contributed by atoms with van der Waals surface area (Å²) in [6, 6.07) is 0. The van der Waals surface area contributed by atoms with E-state index in [1.165, 1.54) is 7.11 Å². The third kappa shape index (κ3) is 3.26. The van der Waals surface area contributed by atoms with Crippen molar-refractivity contribution < 1.29 is 14.1 Å². The van der Waals surface area contributed by atoms with E-state index in [2.05, 4.69) is 29.2 Å². The lowest BCUT2D eigenvalue weighted by molar-refractivity contribution is 0.0896. The number of hydrogen-bond acceptors (Lipinski definition) is 5. The number of ether oxygens (including phenoxy) is 1. The molecule has 0 saturated heterocycles. The van der Waals surface area contributed by atoms with Crippen LogP contribution in [-0.4, -0.2) is 49.3 Å². The molecule has 0 bridgehead atoms. The molecule has 1 N–H and O–H groups in total. The molecule has 0 aliphatic carbocycles. The standard InChI is InChI=1S/C13H23N3O3/c1-7-13(3,16(4)5)8-14-11(17)10-9(2)12(18-6)19-15-10/h7-8H2,1-6H3,(H,14,17). The van der Waals surface area contributed by atoms with E-state index in [4.69, 9.17) is 9.26 Å². The fourth-order valence-corrected chi connectivity index (χ4v) is 1.68. The van der Waals surface area contributed by atoms with Gasteiger partial charge >= 0.3 is 5.95 Å². The third-order valence-corrected chi connectivity index (χ3v) is 3.75. The number of nitrogens with zero attached hydrogens (tertiary/aromatic N) is 2. The van der Waals surface area contributed by atoms with Gasteiger partial charge in [-0.05, 0) is 34.4 Å². The minimum absolute atomic E-state index is 0.0859. The lowest BCUT2D eigenvalue weighted by atomic mass is 9.97. The number of nitrogens with one attached hydrogen (secondary N) is 1. The second kappa shape index (κ2) is 6.06. The highest BCUT2D eigenvalue weighted by atomic mass is 16.6. The van der Waals surface area contributed by atoms with Crippen molar-refractivity contribution in [3.63, 3.8) is 0 Å². The molecular weight excluding hydrogens is 246 g/mol. The molecule has 0 fully saturated rings. The van der Waals surface area contributed by atoms with Crippen molar-refractivity contribution in [3.8, 4) is 5.95 Å². The Bertz CT molecular complexity index is 442. The number of carbonyl (C=O) groups is 1. The van der Waals surface area contributed by atoms with E-state index in [0.29, 0.717) is 12.1 Å². The van der Waals surface area contributed by atoms with E-state index in [0.717, 1.165) is 6.42 Å². The average Bonchev–Trinajstić information content (AvgIpc) is 2.76. The molecule has 1 unspecified atom stereocenters. The fraction of sp³-hybridized carbons (Fsp3) is 0.692. The smallest absolute Gasteiger partial charge is 0.314 e. The molecule has 1 heterocycles. The Kier molecular flexibility index (Phi) is 4.94. The summed E-state index contributed by atoms with van der Waals surface area (Å²) in [5.74, 6) is 0.0297. The number of methoxy groups -OCH3 is 1. The maximum Gasteiger partial charge on any atom is 0.314 e. The summed E-state index contributed by atoms with van der Waals surface area (Å²) >= 11 is 0. The van der Waals surface area contributed by atoms with Crippen LogP contribution in [0.15, 0.2) is 4.52 Å². The maximum atomic E-state index is 12.1. The summed E-state index contributed by atoms with van der Waals surface area (Å²) in [7, 11) is 5.48. The number of aromatic nitrogens is 1. The van der Waals surface area contributed by atoms with Gasteiger partial charge in [0.25, 0.3) is 5.91 Å². The zero-order chi connectivity index (χ0) is 14.6. The third-order valence-electron chi connectivity index (χ3n) is 3.75. The van der Waals surface area contributed by atoms with Gasteiger partial charge in [-0.2, -0.15) is 0 Å². The highest BCUT2D eigenvalue weighted by Crippen LogP contribution is 2.20. The molecule has 6 nitrogen and oxygen atoms in total. The maximum absolute atomic E-state index is 12.1. The number of rotatable bonds is 6. The van der Waals surface area contributed by atoms with E-state index in [-0.39, 0.29) is 23.1 Å². The van der Waals surface area contributed by atoms with E-state index in [1.807, 2.05) is 14.1 Å². The minimum atomic E-state index is -0.244. The molecule has 1 aromatic rings. The number of likely N-dealkylation sites (N-methyl/N-ethyl adjacent to an activating group) is 1. The average molecular weight is 269 g/mol. The molecule has 6 heteroatoms. The topological polar surface area (TPSA) is 67.6 Å². The van der Waals surface area contributed by atoms with Crippen LogP contribution in [0.2, 0.25) is 0 Å². The summed E-state index contributed by atoms with van der Waals surface area (Å²) in [5, 5.41) is 6.62. The first-order chi connectivity index (χ1) is 8.85. The molecule has 0 radical (unpaired) electrons. The monoisotopic (exact) mass is 269 g/mol. The predicted octanol–water partition coefficient (Wildman–Crippen LogP) is 1.45. The minimum Gasteiger partial charge on any atom is -0.467 e. The lowest BCUT2D eigenvalue weighted by Crippen LogP contribution is -2.50. The zero-order valence-electron chi connectivity index (χ0n) is 12.5. The summed E-state index contributed by atoms with van der Waals surface area (Å²) in [5.41, 5.74) is 0.800. The van der Waals surface area contributed by atoms with Crippen molar-refractivity contribution in [1.82, 2.24) is 15.4 Å². The molecule has 108 valence electrons. The fourth-order valence-electron chi connectivity index (χ4n) is 1.68. The highest BCUT2D eigenvalue weighted by molar-refractivity contribution is 5.93. The summed E-state index contributed by atoms with van der Waals surface area (Å²) < 4.78 is 9.89. The Morgan fingerprint density at radius 2 is 2.16 bits per heavy atom. The Balaban J connectivity index is 2.72. The van der Waals surface area contributed by atoms with Gasteiger partial charge in [-0.25, -0.2) is 0 Å². The first-order valence-corrected chi connectivity index (χ1v) is 6.31. The second-order valence-electron chi connectivity index (χ2n) is 5.08. The quantitative estimate of drug-likeness (QED) is 0.846. The van der Waals surface area contributed by atoms with Crippen molar-refractivity contribution in [1.29, 1.82) is 0 Å². The molecule has 1 atom stereocenters. The summed E-state index contributed by atoms with van der Waals surface area (Å²) in [6.07, 6.45) is 0.932. The van der Waals surface area contributed by atoms with Crippen LogP contribution < -0.4 is 10.1 Å². The van der Waals surface area contributed by atoms with Gasteiger partial charge in [0.2, 0.25) is 0 Å². The Hall–Kier alpha value is -1.56. The van der Waals surface area contributed by atoms with Gasteiger partial charge in [-0.15, -0.1) is 0 Å². The number of hydrogen-bond donors (Lipinski definition) is 1. The molecule has 0 aliphatic heterocycles. The zero-order valence-corrected chi connectivity index (χ0v) is 12.5. The van der Waals surface area contributed by atoms with E-state index >= 15 is 0 Å². The Labute approximate surface area is 114 Å². The SMILES string of the molecule is CCC(C)(CNC(=O)c1noc(OC)c1C)N(C)C. The summed E-state index contributed by atoms with van der Waals surface area (Å²) in [6.45, 7) is 6.49. The van der Waals surface area contributed by atoms with Crippen LogP contribution in [0, 0.1) is 6.92 Å². The Morgan fingerprint density at radius 1 is 1.53 bits per heavy atom. The molecule has 19 heavy (non-hydrogen) atoms. The molecule has 0 aliphatic rings. The van der Waals surface area contributed by atoms with Crippen molar-refractivity contribution in [2.75, 3.05) is 27.7 Å². The van der Waals surface area contributed by atoms with Gasteiger partial charge in [-0.1, -0.05) is 12.1 Å². The van der Waals surface area contributed by atoms with Gasteiger partial charge in [0.1, 0.15) is 0 Å². The lowest BCUT2D eigenvalue weighted by Gasteiger charge is -2.35. The molecule has 0 aromatic carbocycles. The van der Waals surface area contributed by atoms with Crippen LogP contribution in [-0.2, 0) is 0 Å². The van der Waals surface area contributed by atoms with Crippen molar-refractivity contribution in [3.05, 3.63) is 11.3 Å². The van der Waals surface area contributed by atoms with Crippen LogP contribution >= 0.6 is 0 Å². The van der Waals surface area contributed by atoms with E-state index in [9.17, 15) is 4.79 Å². The van der Waals surface area contributed by atoms with Gasteiger partial charge in [-0.3, -0.25) is 4.79 Å². The van der Waals surface area contributed by atoms with Crippen LogP contribution in [0.3, 0.4) is 0 Å². The van der Waals surface area contributed by atoms with Gasteiger partial charge in [0.15, 0.2) is 5.69 Å². The molecular formula is C13H23N3O3. The predicted molar refractivity (Wildman–Crippen MR) is 72.5 cm³/mol. The molecule has 1 amide bonds. The first kappa shape index (κ1) is 15.5. The van der Waals surface area contributed by atoms with Crippen LogP contribution in [0.4, 0.5) is 0 Å². The van der Waals surface area contributed by atoms with Crippen molar-refractivity contribution in [2.24, 2.45) is 0 Å². The Morgan fingerprint density at radius 3 is 2.58 bits per heavy atom. The molecule has 1 rings (SSSR count). The largest absolute Gasteiger partial charge is 0.467 e. The molecule has 0 saturated carbocycles. The van der Waals surface area contributed by atoms with Crippen molar-refractivity contribution in [2.45, 2.75) is 32.7 Å². The van der Waals surface area contributed by atoms with Crippen LogP contribution in [0.25, 0.3) is 0 Å². The van der Waals surface area contributed by atoms with Gasteiger partial charge in [0.05, 0.1) is 12.7 Å².